The summed E-state index contributed by atoms with van der Waals surface area (Å²) in [4.78, 5) is 11.4. The molecule has 0 heterocycles. The van der Waals surface area contributed by atoms with E-state index in [1.54, 1.807) is 0 Å². The summed E-state index contributed by atoms with van der Waals surface area (Å²) < 4.78 is 4.96. The first kappa shape index (κ1) is 13.5. The standard InChI is InChI=1S/C15H20O2/c1-4-17-14(16)12-15(2,3)11-10-13-8-6-5-7-9-13/h5-11H,4,12H2,1-3H3/b11-10+. The number of rotatable bonds is 5. The third-order valence-corrected chi connectivity index (χ3v) is 2.43. The van der Waals surface area contributed by atoms with E-state index in [-0.39, 0.29) is 11.4 Å². The predicted molar refractivity (Wildman–Crippen MR) is 70.5 cm³/mol. The second-order valence-corrected chi connectivity index (χ2v) is 4.71. The van der Waals surface area contributed by atoms with E-state index in [1.165, 1.54) is 0 Å². The molecule has 0 aliphatic carbocycles. The summed E-state index contributed by atoms with van der Waals surface area (Å²) in [5, 5.41) is 0. The van der Waals surface area contributed by atoms with Crippen molar-refractivity contribution in [1.29, 1.82) is 0 Å². The molecule has 0 unspecified atom stereocenters. The maximum atomic E-state index is 11.4. The van der Waals surface area contributed by atoms with E-state index in [0.717, 1.165) is 5.56 Å². The number of hydrogen-bond donors (Lipinski definition) is 0. The number of ether oxygens (including phenoxy) is 1. The number of carbonyl (C=O) groups is 1. The highest BCUT2D eigenvalue weighted by molar-refractivity contribution is 5.70. The fourth-order valence-electron chi connectivity index (χ4n) is 1.53. The number of hydrogen-bond acceptors (Lipinski definition) is 2. The molecule has 0 N–H and O–H groups in total. The first-order valence-electron chi connectivity index (χ1n) is 5.93. The third kappa shape index (κ3) is 5.34. The smallest absolute Gasteiger partial charge is 0.306 e. The molecule has 0 saturated heterocycles. The first-order chi connectivity index (χ1) is 8.03. The van der Waals surface area contributed by atoms with Crippen LogP contribution in [0.2, 0.25) is 0 Å². The second-order valence-electron chi connectivity index (χ2n) is 4.71. The lowest BCUT2D eigenvalue weighted by molar-refractivity contribution is -0.144. The van der Waals surface area contributed by atoms with Crippen molar-refractivity contribution < 1.29 is 9.53 Å². The number of benzene rings is 1. The molecule has 1 aromatic rings. The van der Waals surface area contributed by atoms with Gasteiger partial charge in [0.15, 0.2) is 0 Å². The monoisotopic (exact) mass is 232 g/mol. The Morgan fingerprint density at radius 1 is 1.29 bits per heavy atom. The Morgan fingerprint density at radius 3 is 2.53 bits per heavy atom. The van der Waals surface area contributed by atoms with Crippen molar-refractivity contribution in [1.82, 2.24) is 0 Å². The average Bonchev–Trinajstić information content (AvgIpc) is 2.27. The Bertz CT molecular complexity index is 377. The van der Waals surface area contributed by atoms with Crippen molar-refractivity contribution in [3.05, 3.63) is 42.0 Å². The van der Waals surface area contributed by atoms with Crippen LogP contribution in [0.3, 0.4) is 0 Å². The molecule has 1 aromatic carbocycles. The predicted octanol–water partition coefficient (Wildman–Crippen LogP) is 3.68. The molecule has 0 fully saturated rings. The molecule has 92 valence electrons. The SMILES string of the molecule is CCOC(=O)CC(C)(C)/C=C/c1ccccc1. The molecule has 2 heteroatoms. The van der Waals surface area contributed by atoms with Crippen LogP contribution in [0.25, 0.3) is 6.08 Å². The molecule has 0 amide bonds. The lowest BCUT2D eigenvalue weighted by Crippen LogP contribution is -2.16. The minimum atomic E-state index is -0.178. The fourth-order valence-corrected chi connectivity index (χ4v) is 1.53. The normalized spacial score (nSPS) is 11.7. The Kier molecular flexibility index (Phi) is 4.95. The van der Waals surface area contributed by atoms with Gasteiger partial charge < -0.3 is 4.74 Å². The number of allylic oxidation sites excluding steroid dienone is 1. The van der Waals surface area contributed by atoms with Gasteiger partial charge in [-0.3, -0.25) is 4.79 Å². The summed E-state index contributed by atoms with van der Waals surface area (Å²) in [6, 6.07) is 10.1. The van der Waals surface area contributed by atoms with Crippen molar-refractivity contribution in [2.45, 2.75) is 27.2 Å². The molecule has 1 rings (SSSR count). The Hall–Kier alpha value is -1.57. The van der Waals surface area contributed by atoms with E-state index in [2.05, 4.69) is 6.08 Å². The molecule has 0 spiro atoms. The molecular weight excluding hydrogens is 212 g/mol. The highest BCUT2D eigenvalue weighted by Crippen LogP contribution is 2.24. The second kappa shape index (κ2) is 6.24. The van der Waals surface area contributed by atoms with Gasteiger partial charge in [-0.05, 0) is 17.9 Å². The summed E-state index contributed by atoms with van der Waals surface area (Å²) in [6.45, 7) is 6.33. The highest BCUT2D eigenvalue weighted by Gasteiger charge is 2.19. The van der Waals surface area contributed by atoms with Crippen molar-refractivity contribution in [2.75, 3.05) is 6.61 Å². The summed E-state index contributed by atoms with van der Waals surface area (Å²) in [5.74, 6) is -0.143. The van der Waals surface area contributed by atoms with Gasteiger partial charge in [-0.1, -0.05) is 56.3 Å². The van der Waals surface area contributed by atoms with Crippen LogP contribution in [0.4, 0.5) is 0 Å². The summed E-state index contributed by atoms with van der Waals surface area (Å²) in [7, 11) is 0. The van der Waals surface area contributed by atoms with Gasteiger partial charge in [-0.2, -0.15) is 0 Å². The molecule has 0 bridgehead atoms. The molecule has 0 aliphatic heterocycles. The minimum Gasteiger partial charge on any atom is -0.466 e. The molecule has 0 aliphatic rings. The summed E-state index contributed by atoms with van der Waals surface area (Å²) in [5.41, 5.74) is 0.965. The molecular formula is C15H20O2. The lowest BCUT2D eigenvalue weighted by Gasteiger charge is -2.18. The van der Waals surface area contributed by atoms with Crippen LogP contribution in [0.1, 0.15) is 32.8 Å². The zero-order chi connectivity index (χ0) is 12.7. The van der Waals surface area contributed by atoms with E-state index < -0.39 is 0 Å². The zero-order valence-corrected chi connectivity index (χ0v) is 10.8. The van der Waals surface area contributed by atoms with E-state index in [9.17, 15) is 4.79 Å². The Labute approximate surface area is 103 Å². The topological polar surface area (TPSA) is 26.3 Å². The largest absolute Gasteiger partial charge is 0.466 e. The van der Waals surface area contributed by atoms with Gasteiger partial charge in [0.2, 0.25) is 0 Å². The molecule has 0 saturated carbocycles. The maximum absolute atomic E-state index is 11.4. The van der Waals surface area contributed by atoms with Crippen molar-refractivity contribution >= 4 is 12.0 Å². The van der Waals surface area contributed by atoms with Gasteiger partial charge in [-0.15, -0.1) is 0 Å². The average molecular weight is 232 g/mol. The van der Waals surface area contributed by atoms with Crippen molar-refractivity contribution in [3.8, 4) is 0 Å². The van der Waals surface area contributed by atoms with Crippen LogP contribution in [0, 0.1) is 5.41 Å². The van der Waals surface area contributed by atoms with Crippen LogP contribution in [0.15, 0.2) is 36.4 Å². The van der Waals surface area contributed by atoms with Gasteiger partial charge >= 0.3 is 5.97 Å². The van der Waals surface area contributed by atoms with E-state index in [4.69, 9.17) is 4.74 Å². The van der Waals surface area contributed by atoms with Gasteiger partial charge in [0.1, 0.15) is 0 Å². The lowest BCUT2D eigenvalue weighted by atomic mass is 9.88. The minimum absolute atomic E-state index is 0.143. The van der Waals surface area contributed by atoms with Crippen molar-refractivity contribution in [3.63, 3.8) is 0 Å². The fraction of sp³-hybridized carbons (Fsp3) is 0.400. The van der Waals surface area contributed by atoms with Gasteiger partial charge in [0.05, 0.1) is 13.0 Å². The van der Waals surface area contributed by atoms with E-state index in [1.807, 2.05) is 57.2 Å². The quantitative estimate of drug-likeness (QED) is 0.724. The summed E-state index contributed by atoms with van der Waals surface area (Å²) in [6.07, 6.45) is 4.50. The zero-order valence-electron chi connectivity index (χ0n) is 10.8. The first-order valence-corrected chi connectivity index (χ1v) is 5.93. The molecule has 0 atom stereocenters. The van der Waals surface area contributed by atoms with Crippen LogP contribution in [-0.2, 0) is 9.53 Å². The number of carbonyl (C=O) groups excluding carboxylic acids is 1. The third-order valence-electron chi connectivity index (χ3n) is 2.43. The van der Waals surface area contributed by atoms with E-state index >= 15 is 0 Å². The highest BCUT2D eigenvalue weighted by atomic mass is 16.5. The Morgan fingerprint density at radius 2 is 1.94 bits per heavy atom. The van der Waals surface area contributed by atoms with Crippen LogP contribution in [-0.4, -0.2) is 12.6 Å². The van der Waals surface area contributed by atoms with Crippen LogP contribution >= 0.6 is 0 Å². The van der Waals surface area contributed by atoms with Crippen LogP contribution < -0.4 is 0 Å². The molecule has 2 nitrogen and oxygen atoms in total. The summed E-state index contributed by atoms with van der Waals surface area (Å²) >= 11 is 0. The molecule has 0 radical (unpaired) electrons. The molecule has 17 heavy (non-hydrogen) atoms. The number of esters is 1. The van der Waals surface area contributed by atoms with Crippen molar-refractivity contribution in [2.24, 2.45) is 5.41 Å². The Balaban J connectivity index is 2.60. The van der Waals surface area contributed by atoms with Gasteiger partial charge in [0.25, 0.3) is 0 Å². The van der Waals surface area contributed by atoms with Crippen LogP contribution in [0.5, 0.6) is 0 Å². The van der Waals surface area contributed by atoms with Gasteiger partial charge in [-0.25, -0.2) is 0 Å². The maximum Gasteiger partial charge on any atom is 0.306 e. The van der Waals surface area contributed by atoms with E-state index in [0.29, 0.717) is 13.0 Å². The molecule has 0 aromatic heterocycles. The van der Waals surface area contributed by atoms with Gasteiger partial charge in [0, 0.05) is 0 Å².